The van der Waals surface area contributed by atoms with Crippen molar-refractivity contribution in [1.82, 2.24) is 0 Å². The lowest BCUT2D eigenvalue weighted by Gasteiger charge is -2.19. The molecule has 31 heavy (non-hydrogen) atoms. The van der Waals surface area contributed by atoms with Gasteiger partial charge in [0.05, 0.1) is 15.7 Å². The molecule has 0 fully saturated rings. The molecule has 0 aliphatic rings. The Kier molecular flexibility index (Phi) is 16.4. The highest BCUT2D eigenvalue weighted by Crippen LogP contribution is 2.25. The van der Waals surface area contributed by atoms with Crippen molar-refractivity contribution in [1.29, 1.82) is 0 Å². The number of unbranched alkanes of at least 4 members (excludes halogenated alkanes) is 7. The molecular weight excluding hydrogens is 407 g/mol. The molecule has 0 saturated carbocycles. The van der Waals surface area contributed by atoms with Gasteiger partial charge in [0.1, 0.15) is 5.92 Å². The third-order valence-electron chi connectivity index (χ3n) is 5.47. The van der Waals surface area contributed by atoms with Gasteiger partial charge in [-0.2, -0.15) is 0 Å². The summed E-state index contributed by atoms with van der Waals surface area (Å²) >= 11 is 0. The van der Waals surface area contributed by atoms with Crippen LogP contribution < -0.4 is 0 Å². The minimum atomic E-state index is -0.704. The van der Waals surface area contributed by atoms with Crippen LogP contribution in [0.5, 0.6) is 0 Å². The smallest absolute Gasteiger partial charge is 0.316 e. The highest BCUT2D eigenvalue weighted by Gasteiger charge is 2.31. The summed E-state index contributed by atoms with van der Waals surface area (Å²) in [7, 11) is 0.611. The number of carbonyl (C=O) groups is 2. The van der Waals surface area contributed by atoms with Crippen molar-refractivity contribution < 1.29 is 18.9 Å². The maximum Gasteiger partial charge on any atom is 0.316 e. The van der Waals surface area contributed by atoms with E-state index < -0.39 is 5.92 Å². The van der Waals surface area contributed by atoms with Crippen molar-refractivity contribution in [2.45, 2.75) is 99.3 Å². The highest BCUT2D eigenvalue weighted by molar-refractivity contribution is 7.00. The van der Waals surface area contributed by atoms with E-state index in [2.05, 4.69) is 6.92 Å². The Morgan fingerprint density at radius 3 is 1.84 bits per heavy atom. The lowest BCUT2D eigenvalue weighted by molar-refractivity contribution is -0.147. The molecule has 0 saturated heterocycles. The van der Waals surface area contributed by atoms with E-state index in [1.165, 1.54) is 38.5 Å². The van der Waals surface area contributed by atoms with Crippen molar-refractivity contribution in [3.05, 3.63) is 34.4 Å². The monoisotopic (exact) mass is 452 g/mol. The minimum Gasteiger partial charge on any atom is -0.465 e. The predicted molar refractivity (Wildman–Crippen MR) is 133 cm³/mol. The van der Waals surface area contributed by atoms with Crippen LogP contribution in [-0.4, -0.2) is 18.4 Å². The van der Waals surface area contributed by atoms with Crippen LogP contribution >= 0.6 is 9.12 Å². The number of hydrogen-bond donors (Lipinski definition) is 0. The Hall–Kier alpha value is -1.41. The van der Waals surface area contributed by atoms with Gasteiger partial charge in [0.25, 0.3) is 0 Å². The maximum absolute atomic E-state index is 13.2. The quantitative estimate of drug-likeness (QED) is 0.0995. The largest absolute Gasteiger partial charge is 0.465 e. The number of ketones is 1. The van der Waals surface area contributed by atoms with Crippen LogP contribution in [0.2, 0.25) is 0 Å². The number of aryl methyl sites for hydroxylation is 3. The molecule has 0 aromatic heterocycles. The molecule has 0 aliphatic carbocycles. The summed E-state index contributed by atoms with van der Waals surface area (Å²) in [6, 6.07) is 4.02. The second-order valence-corrected chi connectivity index (χ2v) is 8.96. The number of Topliss-reactive ketones (excluding diaryl/α,β-unsaturated/α-hetero) is 1. The third kappa shape index (κ3) is 11.7. The second kappa shape index (κ2) is 17.2. The van der Waals surface area contributed by atoms with Crippen LogP contribution in [0.15, 0.2) is 12.1 Å². The first-order valence-electron chi connectivity index (χ1n) is 11.9. The van der Waals surface area contributed by atoms with Gasteiger partial charge in [-0.05, 0) is 50.7 Å². The van der Waals surface area contributed by atoms with E-state index >= 15 is 0 Å². The number of esters is 1. The summed E-state index contributed by atoms with van der Waals surface area (Å²) < 4.78 is 13.8. The van der Waals surface area contributed by atoms with Gasteiger partial charge in [-0.15, -0.1) is 0 Å². The molecule has 178 valence electrons. The van der Waals surface area contributed by atoms with Gasteiger partial charge in [0.15, 0.2) is 5.78 Å². The second-order valence-electron chi connectivity index (χ2n) is 8.96. The number of ether oxygens (including phenoxy) is 1. The fourth-order valence-corrected chi connectivity index (χ4v) is 4.03. The molecule has 0 radical (unpaired) electrons. The fourth-order valence-electron chi connectivity index (χ4n) is 4.03. The van der Waals surface area contributed by atoms with Crippen LogP contribution in [-0.2, 0) is 14.1 Å². The SMILES string of the molecule is CCCCCCCCCCOC(=O)C(CC(C)C)C(=O)c1c(C)cc(C)cc1C.O=[PH3]. The van der Waals surface area contributed by atoms with Gasteiger partial charge in [-0.3, -0.25) is 9.59 Å². The van der Waals surface area contributed by atoms with E-state index in [4.69, 9.17) is 9.30 Å². The van der Waals surface area contributed by atoms with Crippen LogP contribution in [0.1, 0.15) is 106 Å². The lowest BCUT2D eigenvalue weighted by Crippen LogP contribution is -2.29. The molecule has 1 rings (SSSR count). The molecule has 2 unspecified atom stereocenters. The highest BCUT2D eigenvalue weighted by atomic mass is 31.0. The molecule has 0 spiro atoms. The molecule has 0 bridgehead atoms. The molecule has 1 aromatic rings. The molecular formula is C26H45O4P. The zero-order valence-electron chi connectivity index (χ0n) is 20.7. The molecule has 1 aromatic carbocycles. The van der Waals surface area contributed by atoms with Crippen LogP contribution in [0.25, 0.3) is 0 Å². The third-order valence-corrected chi connectivity index (χ3v) is 5.47. The molecule has 4 nitrogen and oxygen atoms in total. The minimum absolute atomic E-state index is 0.0883. The number of benzene rings is 1. The molecule has 0 heterocycles. The van der Waals surface area contributed by atoms with E-state index in [-0.39, 0.29) is 17.7 Å². The summed E-state index contributed by atoms with van der Waals surface area (Å²) in [5, 5.41) is 0. The van der Waals surface area contributed by atoms with Crippen molar-refractivity contribution in [2.75, 3.05) is 6.61 Å². The normalized spacial score (nSPS) is 11.7. The summed E-state index contributed by atoms with van der Waals surface area (Å²) in [4.78, 5) is 26.0. The zero-order chi connectivity index (χ0) is 23.8. The van der Waals surface area contributed by atoms with E-state index in [9.17, 15) is 9.59 Å². The molecule has 0 amide bonds. The summed E-state index contributed by atoms with van der Waals surface area (Å²) in [5.74, 6) is -0.893. The van der Waals surface area contributed by atoms with Gasteiger partial charge in [-0.1, -0.05) is 83.4 Å². The van der Waals surface area contributed by atoms with Gasteiger partial charge in [-0.25, -0.2) is 0 Å². The first-order valence-corrected chi connectivity index (χ1v) is 12.4. The standard InChI is InChI=1S/C26H42O3.H3OP/c1-7-8-9-10-11-12-13-14-15-29-26(28)23(16-19(2)3)25(27)24-21(5)17-20(4)18-22(24)6;1-2/h17-19,23H,7-16H2,1-6H3;2H3. The lowest BCUT2D eigenvalue weighted by atomic mass is 9.85. The first-order chi connectivity index (χ1) is 14.8. The average molecular weight is 453 g/mol. The molecule has 0 N–H and O–H groups in total. The van der Waals surface area contributed by atoms with E-state index in [0.717, 1.165) is 29.5 Å². The Balaban J connectivity index is 0.00000436. The average Bonchev–Trinajstić information content (AvgIpc) is 2.71. The predicted octanol–water partition coefficient (Wildman–Crippen LogP) is 7.08. The summed E-state index contributed by atoms with van der Waals surface area (Å²) in [5.41, 5.74) is 3.70. The number of rotatable bonds is 14. The molecule has 2 atom stereocenters. The van der Waals surface area contributed by atoms with Crippen LogP contribution in [0, 0.1) is 32.6 Å². The topological polar surface area (TPSA) is 60.4 Å². The fraction of sp³-hybridized carbons (Fsp3) is 0.692. The van der Waals surface area contributed by atoms with Gasteiger partial charge in [0.2, 0.25) is 0 Å². The Bertz CT molecular complexity index is 646. The van der Waals surface area contributed by atoms with Crippen molar-refractivity contribution in [2.24, 2.45) is 11.8 Å². The van der Waals surface area contributed by atoms with Crippen molar-refractivity contribution in [3.63, 3.8) is 0 Å². The number of carbonyl (C=O) groups excluding carboxylic acids is 2. The Morgan fingerprint density at radius 2 is 1.35 bits per heavy atom. The van der Waals surface area contributed by atoms with Crippen molar-refractivity contribution in [3.8, 4) is 0 Å². The van der Waals surface area contributed by atoms with Gasteiger partial charge >= 0.3 is 5.97 Å². The van der Waals surface area contributed by atoms with Gasteiger partial charge < -0.3 is 9.30 Å². The Morgan fingerprint density at radius 1 is 0.871 bits per heavy atom. The van der Waals surface area contributed by atoms with Crippen LogP contribution in [0.3, 0.4) is 0 Å². The zero-order valence-corrected chi connectivity index (χ0v) is 22.1. The van der Waals surface area contributed by atoms with E-state index in [1.54, 1.807) is 0 Å². The Labute approximate surface area is 192 Å². The van der Waals surface area contributed by atoms with Gasteiger partial charge in [0, 0.05) is 5.56 Å². The van der Waals surface area contributed by atoms with Crippen LogP contribution in [0.4, 0.5) is 0 Å². The molecule has 0 aliphatic heterocycles. The number of hydrogen-bond acceptors (Lipinski definition) is 4. The van der Waals surface area contributed by atoms with E-state index in [1.807, 2.05) is 46.8 Å². The summed E-state index contributed by atoms with van der Waals surface area (Å²) in [6.07, 6.45) is 10.2. The summed E-state index contributed by atoms with van der Waals surface area (Å²) in [6.45, 7) is 12.7. The maximum atomic E-state index is 13.2. The van der Waals surface area contributed by atoms with E-state index in [0.29, 0.717) is 27.7 Å². The van der Waals surface area contributed by atoms with Crippen molar-refractivity contribution >= 4 is 20.9 Å². The molecule has 5 heteroatoms. The first kappa shape index (κ1) is 29.6.